The van der Waals surface area contributed by atoms with Crippen LogP contribution < -0.4 is 11.1 Å². The quantitative estimate of drug-likeness (QED) is 0.627. The average Bonchev–Trinajstić information content (AvgIpc) is 2.86. The van der Waals surface area contributed by atoms with Crippen molar-refractivity contribution in [2.24, 2.45) is 11.7 Å². The summed E-state index contributed by atoms with van der Waals surface area (Å²) in [7, 11) is 0. The first-order valence-electron chi connectivity index (χ1n) is 6.99. The fourth-order valence-corrected chi connectivity index (χ4v) is 2.72. The highest BCUT2D eigenvalue weighted by Gasteiger charge is 2.31. The van der Waals surface area contributed by atoms with Crippen molar-refractivity contribution in [2.45, 2.75) is 19.4 Å². The number of nitro benzene ring substituents is 1. The summed E-state index contributed by atoms with van der Waals surface area (Å²) >= 11 is 0. The predicted octanol–water partition coefficient (Wildman–Crippen LogP) is 1.20. The number of benzene rings is 1. The lowest BCUT2D eigenvalue weighted by molar-refractivity contribution is -0.383. The van der Waals surface area contributed by atoms with Gasteiger partial charge in [0, 0.05) is 18.7 Å². The molecule has 0 aliphatic carbocycles. The summed E-state index contributed by atoms with van der Waals surface area (Å²) in [5.74, 6) is 0.284. The number of nitrogens with zero attached hydrogens (tertiary/aromatic N) is 2. The molecule has 1 amide bonds. The van der Waals surface area contributed by atoms with E-state index >= 15 is 0 Å². The number of amides is 1. The molecule has 1 aromatic carbocycles. The second-order valence-corrected chi connectivity index (χ2v) is 5.36. The van der Waals surface area contributed by atoms with Crippen LogP contribution in [0.4, 0.5) is 11.4 Å². The number of nitrogens with two attached hydrogens (primary N) is 1. The molecule has 3 N–H and O–H groups in total. The number of nitro groups is 1. The zero-order chi connectivity index (χ0) is 15.4. The summed E-state index contributed by atoms with van der Waals surface area (Å²) in [5.41, 5.74) is 5.98. The van der Waals surface area contributed by atoms with Gasteiger partial charge in [0.05, 0.1) is 11.5 Å². The molecule has 1 fully saturated rings. The number of likely N-dealkylation sites (tertiary alicyclic amines) is 1. The molecule has 0 aromatic heterocycles. The number of nitrogens with one attached hydrogen (secondary N) is 1. The molecule has 7 nitrogen and oxygen atoms in total. The topological polar surface area (TPSA) is 102 Å². The van der Waals surface area contributed by atoms with Crippen molar-refractivity contribution >= 4 is 17.3 Å². The minimum Gasteiger partial charge on any atom is -0.371 e. The maximum atomic E-state index is 12.2. The molecule has 2 atom stereocenters. The lowest BCUT2D eigenvalue weighted by Crippen LogP contribution is -2.38. The third-order valence-electron chi connectivity index (χ3n) is 3.85. The number of hydrogen-bond acceptors (Lipinski definition) is 5. The van der Waals surface area contributed by atoms with Crippen LogP contribution in [0.2, 0.25) is 0 Å². The van der Waals surface area contributed by atoms with Gasteiger partial charge in [-0.1, -0.05) is 12.1 Å². The lowest BCUT2D eigenvalue weighted by Gasteiger charge is -2.22. The third kappa shape index (κ3) is 3.49. The van der Waals surface area contributed by atoms with Gasteiger partial charge in [0.2, 0.25) is 5.91 Å². The van der Waals surface area contributed by atoms with Crippen LogP contribution in [0.3, 0.4) is 0 Å². The molecule has 0 bridgehead atoms. The first kappa shape index (κ1) is 15.2. The summed E-state index contributed by atoms with van der Waals surface area (Å²) < 4.78 is 0. The second kappa shape index (κ2) is 6.53. The Morgan fingerprint density at radius 2 is 2.24 bits per heavy atom. The molecule has 1 heterocycles. The van der Waals surface area contributed by atoms with Gasteiger partial charge in [-0.2, -0.15) is 0 Å². The van der Waals surface area contributed by atoms with Gasteiger partial charge in [-0.3, -0.25) is 14.9 Å². The van der Waals surface area contributed by atoms with Crippen molar-refractivity contribution in [1.82, 2.24) is 4.90 Å². The molecule has 7 heteroatoms. The van der Waals surface area contributed by atoms with Gasteiger partial charge < -0.3 is 16.0 Å². The van der Waals surface area contributed by atoms with Crippen molar-refractivity contribution in [1.29, 1.82) is 0 Å². The molecule has 1 aromatic rings. The molecule has 0 spiro atoms. The van der Waals surface area contributed by atoms with Crippen LogP contribution in [0.25, 0.3) is 0 Å². The fourth-order valence-electron chi connectivity index (χ4n) is 2.72. The van der Waals surface area contributed by atoms with Crippen molar-refractivity contribution in [2.75, 3.05) is 25.0 Å². The number of carbonyl (C=O) groups is 1. The van der Waals surface area contributed by atoms with Gasteiger partial charge in [0.15, 0.2) is 0 Å². The molecule has 114 valence electrons. The molecule has 1 aliphatic heterocycles. The van der Waals surface area contributed by atoms with Crippen molar-refractivity contribution < 1.29 is 9.72 Å². The largest absolute Gasteiger partial charge is 0.371 e. The van der Waals surface area contributed by atoms with E-state index < -0.39 is 4.92 Å². The Labute approximate surface area is 123 Å². The third-order valence-corrected chi connectivity index (χ3v) is 3.85. The minimum absolute atomic E-state index is 0.0281. The van der Waals surface area contributed by atoms with Crippen molar-refractivity contribution in [3.63, 3.8) is 0 Å². The summed E-state index contributed by atoms with van der Waals surface area (Å²) in [6, 6.07) is 6.47. The monoisotopic (exact) mass is 292 g/mol. The minimum atomic E-state index is -0.463. The molecule has 0 radical (unpaired) electrons. The number of para-hydroxylation sites is 2. The van der Waals surface area contributed by atoms with E-state index in [9.17, 15) is 14.9 Å². The number of carbonyl (C=O) groups excluding carboxylic acids is 1. The maximum absolute atomic E-state index is 12.2. The average molecular weight is 292 g/mol. The number of anilines is 1. The van der Waals surface area contributed by atoms with Crippen molar-refractivity contribution in [3.8, 4) is 0 Å². The highest BCUT2D eigenvalue weighted by Crippen LogP contribution is 2.24. The van der Waals surface area contributed by atoms with Crippen LogP contribution in [0, 0.1) is 16.0 Å². The molecule has 0 saturated carbocycles. The van der Waals surface area contributed by atoms with Crippen LogP contribution in [0.15, 0.2) is 24.3 Å². The smallest absolute Gasteiger partial charge is 0.292 e. The van der Waals surface area contributed by atoms with Crippen LogP contribution in [-0.2, 0) is 4.79 Å². The Hall–Kier alpha value is -2.15. The van der Waals surface area contributed by atoms with Gasteiger partial charge in [0.25, 0.3) is 5.69 Å². The Bertz CT molecular complexity index is 535. The maximum Gasteiger partial charge on any atom is 0.292 e. The fraction of sp³-hybridized carbons (Fsp3) is 0.500. The van der Waals surface area contributed by atoms with E-state index in [4.69, 9.17) is 5.73 Å². The molecule has 2 rings (SSSR count). The van der Waals surface area contributed by atoms with Crippen LogP contribution in [0.5, 0.6) is 0 Å². The SMILES string of the molecule is CC1CC(CN)CN1C(=O)CNc1ccccc1[N+](=O)[O-]. The lowest BCUT2D eigenvalue weighted by atomic mass is 10.1. The van der Waals surface area contributed by atoms with E-state index in [0.717, 1.165) is 6.42 Å². The van der Waals surface area contributed by atoms with Gasteiger partial charge in [0.1, 0.15) is 5.69 Å². The highest BCUT2D eigenvalue weighted by atomic mass is 16.6. The van der Waals surface area contributed by atoms with Crippen LogP contribution in [0.1, 0.15) is 13.3 Å². The van der Waals surface area contributed by atoms with Crippen molar-refractivity contribution in [3.05, 3.63) is 34.4 Å². The molecule has 21 heavy (non-hydrogen) atoms. The molecule has 1 aliphatic rings. The molecular weight excluding hydrogens is 272 g/mol. The predicted molar refractivity (Wildman–Crippen MR) is 79.9 cm³/mol. The second-order valence-electron chi connectivity index (χ2n) is 5.36. The van der Waals surface area contributed by atoms with Gasteiger partial charge in [-0.25, -0.2) is 0 Å². The van der Waals surface area contributed by atoms with E-state index in [1.54, 1.807) is 23.1 Å². The van der Waals surface area contributed by atoms with E-state index in [-0.39, 0.29) is 24.2 Å². The Morgan fingerprint density at radius 1 is 1.52 bits per heavy atom. The zero-order valence-electron chi connectivity index (χ0n) is 12.0. The van der Waals surface area contributed by atoms with Crippen LogP contribution >= 0.6 is 0 Å². The Kier molecular flexibility index (Phi) is 4.74. The Morgan fingerprint density at radius 3 is 2.86 bits per heavy atom. The summed E-state index contributed by atoms with van der Waals surface area (Å²) in [4.78, 5) is 24.5. The molecular formula is C14H20N4O3. The van der Waals surface area contributed by atoms with E-state index in [1.807, 2.05) is 6.92 Å². The Balaban J connectivity index is 1.97. The van der Waals surface area contributed by atoms with Gasteiger partial charge in [-0.05, 0) is 31.9 Å². The van der Waals surface area contributed by atoms with E-state index in [2.05, 4.69) is 5.32 Å². The number of rotatable bonds is 5. The summed E-state index contributed by atoms with van der Waals surface area (Å²) in [6.07, 6.45) is 0.910. The molecule has 2 unspecified atom stereocenters. The molecule has 1 saturated heterocycles. The summed E-state index contributed by atoms with van der Waals surface area (Å²) in [6.45, 7) is 3.28. The standard InChI is InChI=1S/C14H20N4O3/c1-10-6-11(7-15)9-17(10)14(19)8-16-12-4-2-3-5-13(12)18(20)21/h2-5,10-11,16H,6-9,15H2,1H3. The van der Waals surface area contributed by atoms with Crippen LogP contribution in [-0.4, -0.2) is 41.4 Å². The van der Waals surface area contributed by atoms with E-state index in [1.165, 1.54) is 6.07 Å². The first-order chi connectivity index (χ1) is 10.0. The van der Waals surface area contributed by atoms with Gasteiger partial charge >= 0.3 is 0 Å². The zero-order valence-corrected chi connectivity index (χ0v) is 12.0. The van der Waals surface area contributed by atoms with E-state index in [0.29, 0.717) is 24.7 Å². The first-order valence-corrected chi connectivity index (χ1v) is 6.99. The highest BCUT2D eigenvalue weighted by molar-refractivity contribution is 5.82. The van der Waals surface area contributed by atoms with Gasteiger partial charge in [-0.15, -0.1) is 0 Å². The normalized spacial score (nSPS) is 21.3. The summed E-state index contributed by atoms with van der Waals surface area (Å²) in [5, 5.41) is 13.8. The number of hydrogen-bond donors (Lipinski definition) is 2.